The maximum absolute atomic E-state index is 13.0. The molecule has 0 bridgehead atoms. The molecule has 0 heterocycles. The van der Waals surface area contributed by atoms with Crippen LogP contribution < -0.4 is 5.48 Å². The molecule has 0 atom stereocenters. The van der Waals surface area contributed by atoms with Gasteiger partial charge in [-0.25, -0.2) is 13.6 Å². The van der Waals surface area contributed by atoms with Crippen LogP contribution in [-0.4, -0.2) is 23.6 Å². The van der Waals surface area contributed by atoms with Crippen LogP contribution in [-0.2, 0) is 9.63 Å². The second kappa shape index (κ2) is 5.17. The molecule has 7 heteroatoms. The smallest absolute Gasteiger partial charge is 0.357 e. The molecule has 5 nitrogen and oxygen atoms in total. The molecule has 1 amide bonds. The van der Waals surface area contributed by atoms with Gasteiger partial charge >= 0.3 is 5.97 Å². The number of carbonyl (C=O) groups excluding carboxylic acids is 2. The lowest BCUT2D eigenvalue weighted by Gasteiger charge is -2.05. The molecule has 1 aromatic carbocycles. The lowest BCUT2D eigenvalue weighted by Crippen LogP contribution is -2.29. The Morgan fingerprint density at radius 3 is 2.38 bits per heavy atom. The molecule has 0 saturated heterocycles. The Bertz CT molecular complexity index is 402. The standard InChI is InChI=1S/C9H7F2NO4/c10-5-2-1-3-6(11)8(5)9(15)12-16-7(14)4-13/h1-3,13H,4H2,(H,12,15). The monoisotopic (exact) mass is 231 g/mol. The number of carbonyl (C=O) groups is 2. The van der Waals surface area contributed by atoms with Gasteiger partial charge < -0.3 is 9.94 Å². The third-order valence-corrected chi connectivity index (χ3v) is 1.58. The number of halogens is 2. The maximum Gasteiger partial charge on any atom is 0.357 e. The molecule has 1 rings (SSSR count). The maximum atomic E-state index is 13.0. The summed E-state index contributed by atoms with van der Waals surface area (Å²) in [6.45, 7) is -0.958. The SMILES string of the molecule is O=C(CO)ONC(=O)c1c(F)cccc1F. The topological polar surface area (TPSA) is 75.6 Å². The lowest BCUT2D eigenvalue weighted by molar-refractivity contribution is -0.152. The fourth-order valence-corrected chi connectivity index (χ4v) is 0.901. The van der Waals surface area contributed by atoms with E-state index in [-0.39, 0.29) is 0 Å². The van der Waals surface area contributed by atoms with Crippen molar-refractivity contribution in [1.82, 2.24) is 5.48 Å². The number of benzene rings is 1. The number of amides is 1. The van der Waals surface area contributed by atoms with E-state index in [1.807, 2.05) is 0 Å². The van der Waals surface area contributed by atoms with Crippen LogP contribution in [0.2, 0.25) is 0 Å². The van der Waals surface area contributed by atoms with Gasteiger partial charge in [-0.15, -0.1) is 0 Å². The first kappa shape index (κ1) is 12.1. The van der Waals surface area contributed by atoms with Crippen molar-refractivity contribution in [1.29, 1.82) is 0 Å². The van der Waals surface area contributed by atoms with Crippen LogP contribution in [0.25, 0.3) is 0 Å². The van der Waals surface area contributed by atoms with Gasteiger partial charge in [-0.05, 0) is 12.1 Å². The number of hydroxylamine groups is 1. The van der Waals surface area contributed by atoms with Crippen LogP contribution in [0.3, 0.4) is 0 Å². The van der Waals surface area contributed by atoms with Crippen LogP contribution in [0.1, 0.15) is 10.4 Å². The highest BCUT2D eigenvalue weighted by Gasteiger charge is 2.17. The minimum Gasteiger partial charge on any atom is -0.385 e. The molecule has 0 saturated carbocycles. The van der Waals surface area contributed by atoms with Crippen molar-refractivity contribution in [2.24, 2.45) is 0 Å². The first-order chi connectivity index (χ1) is 7.56. The third kappa shape index (κ3) is 2.74. The Morgan fingerprint density at radius 2 is 1.88 bits per heavy atom. The highest BCUT2D eigenvalue weighted by Crippen LogP contribution is 2.11. The van der Waals surface area contributed by atoms with Crippen molar-refractivity contribution in [2.75, 3.05) is 6.61 Å². The summed E-state index contributed by atoms with van der Waals surface area (Å²) in [5, 5.41) is 8.25. The van der Waals surface area contributed by atoms with Gasteiger partial charge in [0.2, 0.25) is 0 Å². The molecule has 16 heavy (non-hydrogen) atoms. The predicted molar refractivity (Wildman–Crippen MR) is 47.0 cm³/mol. The van der Waals surface area contributed by atoms with Crippen molar-refractivity contribution in [3.63, 3.8) is 0 Å². The normalized spacial score (nSPS) is 9.69. The van der Waals surface area contributed by atoms with Crippen molar-refractivity contribution in [2.45, 2.75) is 0 Å². The van der Waals surface area contributed by atoms with Gasteiger partial charge in [0.15, 0.2) is 0 Å². The van der Waals surface area contributed by atoms with Gasteiger partial charge in [-0.3, -0.25) is 4.79 Å². The van der Waals surface area contributed by atoms with Crippen molar-refractivity contribution in [3.05, 3.63) is 35.4 Å². The summed E-state index contributed by atoms with van der Waals surface area (Å²) in [6, 6.07) is 2.85. The van der Waals surface area contributed by atoms with Gasteiger partial charge in [0, 0.05) is 0 Å². The van der Waals surface area contributed by atoms with Crippen LogP contribution in [0, 0.1) is 11.6 Å². The average Bonchev–Trinajstić information content (AvgIpc) is 2.25. The second-order valence-electron chi connectivity index (χ2n) is 2.66. The molecule has 0 aliphatic heterocycles. The van der Waals surface area contributed by atoms with E-state index in [1.54, 1.807) is 0 Å². The minimum atomic E-state index is -1.25. The van der Waals surface area contributed by atoms with Gasteiger partial charge in [-0.2, -0.15) is 5.48 Å². The zero-order chi connectivity index (χ0) is 12.1. The molecule has 1 aromatic rings. The molecule has 2 N–H and O–H groups in total. The second-order valence-corrected chi connectivity index (χ2v) is 2.66. The summed E-state index contributed by atoms with van der Waals surface area (Å²) in [6.07, 6.45) is 0. The number of rotatable bonds is 2. The van der Waals surface area contributed by atoms with Gasteiger partial charge in [0.25, 0.3) is 5.91 Å². The predicted octanol–water partition coefficient (Wildman–Crippen LogP) is 0.145. The highest BCUT2D eigenvalue weighted by molar-refractivity contribution is 5.94. The van der Waals surface area contributed by atoms with E-state index in [1.165, 1.54) is 5.48 Å². The van der Waals surface area contributed by atoms with E-state index >= 15 is 0 Å². The summed E-state index contributed by atoms with van der Waals surface area (Å²) in [5.41, 5.74) is 0.635. The average molecular weight is 231 g/mol. The quantitative estimate of drug-likeness (QED) is 0.710. The van der Waals surface area contributed by atoms with Crippen molar-refractivity contribution in [3.8, 4) is 0 Å². The van der Waals surface area contributed by atoms with Gasteiger partial charge in [0.05, 0.1) is 0 Å². The van der Waals surface area contributed by atoms with E-state index < -0.39 is 35.7 Å². The molecule has 0 aliphatic rings. The van der Waals surface area contributed by atoms with Crippen LogP contribution in [0.4, 0.5) is 8.78 Å². The van der Waals surface area contributed by atoms with Gasteiger partial charge in [-0.1, -0.05) is 6.07 Å². The molecule has 0 fully saturated rings. The number of hydrogen-bond donors (Lipinski definition) is 2. The number of nitrogens with one attached hydrogen (secondary N) is 1. The van der Waals surface area contributed by atoms with E-state index in [0.717, 1.165) is 18.2 Å². The summed E-state index contributed by atoms with van der Waals surface area (Å²) in [5.74, 6) is -4.57. The fraction of sp³-hybridized carbons (Fsp3) is 0.111. The minimum absolute atomic E-state index is 0.867. The molecular formula is C9H7F2NO4. The Balaban J connectivity index is 2.77. The number of hydrogen-bond acceptors (Lipinski definition) is 4. The summed E-state index contributed by atoms with van der Waals surface area (Å²) in [4.78, 5) is 25.6. The molecule has 0 aliphatic carbocycles. The summed E-state index contributed by atoms with van der Waals surface area (Å²) >= 11 is 0. The first-order valence-corrected chi connectivity index (χ1v) is 4.11. The summed E-state index contributed by atoms with van der Waals surface area (Å²) in [7, 11) is 0. The third-order valence-electron chi connectivity index (χ3n) is 1.58. The van der Waals surface area contributed by atoms with Crippen molar-refractivity contribution < 1.29 is 28.3 Å². The molecule has 0 radical (unpaired) electrons. The van der Waals surface area contributed by atoms with E-state index in [2.05, 4.69) is 4.84 Å². The van der Waals surface area contributed by atoms with Crippen LogP contribution >= 0.6 is 0 Å². The Labute approximate surface area is 88.6 Å². The van der Waals surface area contributed by atoms with E-state index in [4.69, 9.17) is 5.11 Å². The van der Waals surface area contributed by atoms with Crippen LogP contribution in [0.5, 0.6) is 0 Å². The van der Waals surface area contributed by atoms with Gasteiger partial charge in [0.1, 0.15) is 23.8 Å². The largest absolute Gasteiger partial charge is 0.385 e. The molecule has 0 spiro atoms. The Hall–Kier alpha value is -2.02. The molecular weight excluding hydrogens is 224 g/mol. The highest BCUT2D eigenvalue weighted by atomic mass is 19.1. The number of aliphatic hydroxyl groups is 1. The molecule has 0 aromatic heterocycles. The zero-order valence-corrected chi connectivity index (χ0v) is 7.87. The summed E-state index contributed by atoms with van der Waals surface area (Å²) < 4.78 is 26.0. The molecule has 0 unspecified atom stereocenters. The molecule has 86 valence electrons. The van der Waals surface area contributed by atoms with E-state index in [9.17, 15) is 18.4 Å². The lowest BCUT2D eigenvalue weighted by atomic mass is 10.2. The fourth-order valence-electron chi connectivity index (χ4n) is 0.901. The Kier molecular flexibility index (Phi) is 3.90. The van der Waals surface area contributed by atoms with Crippen LogP contribution in [0.15, 0.2) is 18.2 Å². The number of aliphatic hydroxyl groups excluding tert-OH is 1. The Morgan fingerprint density at radius 1 is 1.31 bits per heavy atom. The zero-order valence-electron chi connectivity index (χ0n) is 7.87. The van der Waals surface area contributed by atoms with E-state index in [0.29, 0.717) is 0 Å². The first-order valence-electron chi connectivity index (χ1n) is 4.11. The van der Waals surface area contributed by atoms with Crippen molar-refractivity contribution >= 4 is 11.9 Å².